The van der Waals surface area contributed by atoms with Crippen LogP contribution in [0.4, 0.5) is 0 Å². The molecule has 98 valence electrons. The highest BCUT2D eigenvalue weighted by atomic mass is 32.1. The third-order valence-corrected chi connectivity index (χ3v) is 2.94. The summed E-state index contributed by atoms with van der Waals surface area (Å²) in [6.45, 7) is 0.732. The van der Waals surface area contributed by atoms with Crippen LogP contribution in [0.5, 0.6) is 0 Å². The fraction of sp³-hybridized carbons (Fsp3) is 0.143. The lowest BCUT2D eigenvalue weighted by Crippen LogP contribution is -2.28. The molecule has 2 aromatic rings. The highest BCUT2D eigenvalue weighted by Gasteiger charge is 2.07. The van der Waals surface area contributed by atoms with Crippen molar-refractivity contribution in [1.82, 2.24) is 9.88 Å². The monoisotopic (exact) mass is 273 g/mol. The van der Waals surface area contributed by atoms with E-state index in [0.717, 1.165) is 5.56 Å². The van der Waals surface area contributed by atoms with E-state index in [4.69, 9.17) is 18.0 Å². The number of hydrogen-bond acceptors (Lipinski definition) is 2. The van der Waals surface area contributed by atoms with E-state index >= 15 is 0 Å². The number of carbonyl (C=O) groups is 1. The van der Waals surface area contributed by atoms with Crippen molar-refractivity contribution in [2.45, 2.75) is 13.1 Å². The summed E-state index contributed by atoms with van der Waals surface area (Å²) in [6.07, 6.45) is 1.79. The topological polar surface area (TPSA) is 60.0 Å². The second-order valence-electron chi connectivity index (χ2n) is 4.15. The van der Waals surface area contributed by atoms with Crippen LogP contribution in [0.25, 0.3) is 0 Å². The molecule has 0 aliphatic heterocycles. The highest BCUT2D eigenvalue weighted by Crippen LogP contribution is 2.02. The van der Waals surface area contributed by atoms with E-state index in [1.807, 2.05) is 36.4 Å². The second-order valence-corrected chi connectivity index (χ2v) is 4.59. The molecule has 4 nitrogen and oxygen atoms in total. The van der Waals surface area contributed by atoms with Crippen LogP contribution in [-0.4, -0.2) is 15.5 Å². The molecule has 19 heavy (non-hydrogen) atoms. The molecule has 0 aliphatic rings. The van der Waals surface area contributed by atoms with Gasteiger partial charge in [-0.05, 0) is 17.7 Å². The van der Waals surface area contributed by atoms with Crippen molar-refractivity contribution in [3.05, 3.63) is 59.9 Å². The van der Waals surface area contributed by atoms with Gasteiger partial charge in [-0.3, -0.25) is 4.79 Å². The quantitative estimate of drug-likeness (QED) is 0.810. The number of amides is 1. The van der Waals surface area contributed by atoms with Crippen LogP contribution >= 0.6 is 12.2 Å². The maximum absolute atomic E-state index is 11.8. The van der Waals surface area contributed by atoms with Gasteiger partial charge in [0.15, 0.2) is 0 Å². The van der Waals surface area contributed by atoms with Crippen molar-refractivity contribution in [2.24, 2.45) is 5.73 Å². The van der Waals surface area contributed by atoms with E-state index < -0.39 is 0 Å². The minimum Gasteiger partial charge on any atom is -0.388 e. The predicted molar refractivity (Wildman–Crippen MR) is 78.6 cm³/mol. The minimum absolute atomic E-state index is 0.0717. The van der Waals surface area contributed by atoms with Gasteiger partial charge >= 0.3 is 0 Å². The standard InChI is InChI=1S/C14H15N3OS/c15-14(19)12-7-4-8-17(12)10-13(18)16-9-11-5-2-1-3-6-11/h1-8H,9-10H2,(H2,15,19)(H,16,18). The SMILES string of the molecule is NC(=S)c1cccn1CC(=O)NCc1ccccc1. The molecule has 0 bridgehead atoms. The average molecular weight is 273 g/mol. The maximum atomic E-state index is 11.8. The lowest BCUT2D eigenvalue weighted by molar-refractivity contribution is -0.121. The van der Waals surface area contributed by atoms with E-state index in [2.05, 4.69) is 5.32 Å². The zero-order valence-electron chi connectivity index (χ0n) is 10.4. The van der Waals surface area contributed by atoms with Crippen LogP contribution in [-0.2, 0) is 17.9 Å². The van der Waals surface area contributed by atoms with E-state index in [1.54, 1.807) is 16.8 Å². The van der Waals surface area contributed by atoms with Crippen molar-refractivity contribution in [3.8, 4) is 0 Å². The third kappa shape index (κ3) is 3.66. The van der Waals surface area contributed by atoms with E-state index in [9.17, 15) is 4.79 Å². The molecule has 0 unspecified atom stereocenters. The molecular formula is C14H15N3OS. The maximum Gasteiger partial charge on any atom is 0.240 e. The van der Waals surface area contributed by atoms with Crippen LogP contribution in [0, 0.1) is 0 Å². The van der Waals surface area contributed by atoms with Gasteiger partial charge in [-0.25, -0.2) is 0 Å². The zero-order valence-corrected chi connectivity index (χ0v) is 11.2. The van der Waals surface area contributed by atoms with E-state index in [0.29, 0.717) is 17.2 Å². The summed E-state index contributed by atoms with van der Waals surface area (Å²) >= 11 is 4.92. The normalized spacial score (nSPS) is 10.1. The molecule has 0 spiro atoms. The molecule has 0 fully saturated rings. The number of benzene rings is 1. The van der Waals surface area contributed by atoms with Gasteiger partial charge in [0, 0.05) is 12.7 Å². The van der Waals surface area contributed by atoms with Gasteiger partial charge in [0.2, 0.25) is 5.91 Å². The average Bonchev–Trinajstić information content (AvgIpc) is 2.86. The van der Waals surface area contributed by atoms with Crippen molar-refractivity contribution in [1.29, 1.82) is 0 Å². The van der Waals surface area contributed by atoms with Crippen molar-refractivity contribution in [3.63, 3.8) is 0 Å². The van der Waals surface area contributed by atoms with Crippen molar-refractivity contribution < 1.29 is 4.79 Å². The summed E-state index contributed by atoms with van der Waals surface area (Å²) in [5.74, 6) is -0.0717. The molecule has 3 N–H and O–H groups in total. The van der Waals surface area contributed by atoms with Crippen molar-refractivity contribution >= 4 is 23.1 Å². The largest absolute Gasteiger partial charge is 0.388 e. The number of carbonyl (C=O) groups excluding carboxylic acids is 1. The van der Waals surface area contributed by atoms with Crippen molar-refractivity contribution in [2.75, 3.05) is 0 Å². The van der Waals surface area contributed by atoms with E-state index in [-0.39, 0.29) is 12.5 Å². The molecule has 1 aromatic heterocycles. The van der Waals surface area contributed by atoms with E-state index in [1.165, 1.54) is 0 Å². The lowest BCUT2D eigenvalue weighted by Gasteiger charge is -2.09. The molecule has 0 atom stereocenters. The number of aromatic nitrogens is 1. The van der Waals surface area contributed by atoms with Gasteiger partial charge in [0.1, 0.15) is 11.5 Å². The number of hydrogen-bond donors (Lipinski definition) is 2. The smallest absolute Gasteiger partial charge is 0.240 e. The Morgan fingerprint density at radius 2 is 1.95 bits per heavy atom. The minimum atomic E-state index is -0.0717. The third-order valence-electron chi connectivity index (χ3n) is 2.73. The summed E-state index contributed by atoms with van der Waals surface area (Å²) in [6, 6.07) is 13.4. The van der Waals surface area contributed by atoms with Crippen LogP contribution < -0.4 is 11.1 Å². The summed E-state index contributed by atoms with van der Waals surface area (Å²) in [4.78, 5) is 12.1. The molecular weight excluding hydrogens is 258 g/mol. The molecule has 1 amide bonds. The first-order chi connectivity index (χ1) is 9.16. The van der Waals surface area contributed by atoms with Crippen LogP contribution in [0.15, 0.2) is 48.7 Å². The van der Waals surface area contributed by atoms with Crippen LogP contribution in [0.1, 0.15) is 11.3 Å². The Balaban J connectivity index is 1.91. The Morgan fingerprint density at radius 1 is 1.21 bits per heavy atom. The Morgan fingerprint density at radius 3 is 2.63 bits per heavy atom. The molecule has 0 radical (unpaired) electrons. The van der Waals surface area contributed by atoms with Crippen LogP contribution in [0.2, 0.25) is 0 Å². The molecule has 1 aromatic carbocycles. The Labute approximate surface area is 117 Å². The summed E-state index contributed by atoms with van der Waals surface area (Å²) in [5.41, 5.74) is 7.35. The van der Waals surface area contributed by atoms with Gasteiger partial charge in [0.05, 0.1) is 5.69 Å². The summed E-state index contributed by atoms with van der Waals surface area (Å²) in [5, 5.41) is 2.86. The van der Waals surface area contributed by atoms with Gasteiger partial charge in [0.25, 0.3) is 0 Å². The highest BCUT2D eigenvalue weighted by molar-refractivity contribution is 7.80. The van der Waals surface area contributed by atoms with Gasteiger partial charge in [-0.1, -0.05) is 42.5 Å². The van der Waals surface area contributed by atoms with Gasteiger partial charge < -0.3 is 15.6 Å². The molecule has 0 saturated heterocycles. The number of nitrogens with two attached hydrogens (primary N) is 1. The lowest BCUT2D eigenvalue weighted by atomic mass is 10.2. The summed E-state index contributed by atoms with van der Waals surface area (Å²) < 4.78 is 1.74. The Bertz CT molecular complexity index is 577. The van der Waals surface area contributed by atoms with Crippen LogP contribution in [0.3, 0.4) is 0 Å². The summed E-state index contributed by atoms with van der Waals surface area (Å²) in [7, 11) is 0. The number of nitrogens with zero attached hydrogens (tertiary/aromatic N) is 1. The molecule has 0 saturated carbocycles. The number of rotatable bonds is 5. The molecule has 0 aliphatic carbocycles. The van der Waals surface area contributed by atoms with Gasteiger partial charge in [-0.2, -0.15) is 0 Å². The Kier molecular flexibility index (Phi) is 4.30. The first-order valence-electron chi connectivity index (χ1n) is 5.92. The first-order valence-corrected chi connectivity index (χ1v) is 6.33. The molecule has 2 rings (SSSR count). The first kappa shape index (κ1) is 13.3. The fourth-order valence-electron chi connectivity index (χ4n) is 1.78. The molecule has 5 heteroatoms. The number of nitrogens with one attached hydrogen (secondary N) is 1. The zero-order chi connectivity index (χ0) is 13.7. The fourth-order valence-corrected chi connectivity index (χ4v) is 1.97. The second kappa shape index (κ2) is 6.15. The number of thiocarbonyl (C=S) groups is 1. The Hall–Kier alpha value is -2.14. The van der Waals surface area contributed by atoms with Gasteiger partial charge in [-0.15, -0.1) is 0 Å². The predicted octanol–water partition coefficient (Wildman–Crippen LogP) is 1.44. The molecule has 1 heterocycles.